The highest BCUT2D eigenvalue weighted by atomic mass is 16.5. The summed E-state index contributed by atoms with van der Waals surface area (Å²) in [6, 6.07) is 8.99. The van der Waals surface area contributed by atoms with Crippen molar-refractivity contribution >= 4 is 11.7 Å². The molecule has 0 bridgehead atoms. The van der Waals surface area contributed by atoms with Crippen LogP contribution in [0, 0.1) is 0 Å². The van der Waals surface area contributed by atoms with Crippen LogP contribution in [0.4, 0.5) is 5.82 Å². The van der Waals surface area contributed by atoms with Crippen LogP contribution in [0.5, 0.6) is 11.5 Å². The molecule has 0 aliphatic carbocycles. The van der Waals surface area contributed by atoms with Crippen molar-refractivity contribution in [3.8, 4) is 11.5 Å². The van der Waals surface area contributed by atoms with Crippen LogP contribution >= 0.6 is 0 Å². The maximum Gasteiger partial charge on any atom is 0.253 e. The van der Waals surface area contributed by atoms with Crippen molar-refractivity contribution in [2.75, 3.05) is 33.2 Å². The van der Waals surface area contributed by atoms with Gasteiger partial charge in [-0.1, -0.05) is 6.07 Å². The van der Waals surface area contributed by atoms with Gasteiger partial charge in [-0.3, -0.25) is 4.79 Å². The predicted octanol–water partition coefficient (Wildman–Crippen LogP) is 2.66. The number of aromatic nitrogens is 1. The first-order chi connectivity index (χ1) is 11.5. The number of hydrogen-bond acceptors (Lipinski definition) is 5. The Bertz CT molecular complexity index is 699. The Hall–Kier alpha value is -2.76. The van der Waals surface area contributed by atoms with Crippen LogP contribution in [0.3, 0.4) is 0 Å². The fourth-order valence-electron chi connectivity index (χ4n) is 2.27. The Morgan fingerprint density at radius 2 is 1.83 bits per heavy atom. The van der Waals surface area contributed by atoms with Crippen LogP contribution in [-0.4, -0.2) is 39.2 Å². The number of methoxy groups -OCH3 is 2. The molecule has 1 aromatic carbocycles. The summed E-state index contributed by atoms with van der Waals surface area (Å²) in [7, 11) is 6.98. The van der Waals surface area contributed by atoms with E-state index in [1.54, 1.807) is 26.5 Å². The van der Waals surface area contributed by atoms with Crippen LogP contribution in [0.1, 0.15) is 28.9 Å². The first kappa shape index (κ1) is 17.6. The fourth-order valence-corrected chi connectivity index (χ4v) is 2.27. The molecule has 0 aliphatic rings. The highest BCUT2D eigenvalue weighted by Gasteiger charge is 2.14. The van der Waals surface area contributed by atoms with Gasteiger partial charge in [-0.25, -0.2) is 4.98 Å². The molecule has 0 fully saturated rings. The minimum atomic E-state index is -0.175. The van der Waals surface area contributed by atoms with Crippen LogP contribution in [0.25, 0.3) is 0 Å². The summed E-state index contributed by atoms with van der Waals surface area (Å²) in [5, 5.41) is 2.96. The smallest absolute Gasteiger partial charge is 0.253 e. The number of rotatable bonds is 6. The molecule has 0 aliphatic heterocycles. The van der Waals surface area contributed by atoms with Crippen LogP contribution < -0.4 is 19.7 Å². The molecule has 6 nitrogen and oxygen atoms in total. The summed E-state index contributed by atoms with van der Waals surface area (Å²) in [4.78, 5) is 18.5. The van der Waals surface area contributed by atoms with Gasteiger partial charge in [-0.2, -0.15) is 0 Å². The lowest BCUT2D eigenvalue weighted by atomic mass is 10.1. The van der Waals surface area contributed by atoms with Crippen molar-refractivity contribution < 1.29 is 14.3 Å². The normalized spacial score (nSPS) is 11.5. The number of nitrogens with zero attached hydrogens (tertiary/aromatic N) is 2. The third-order valence-corrected chi connectivity index (χ3v) is 3.72. The van der Waals surface area contributed by atoms with Gasteiger partial charge < -0.3 is 19.7 Å². The predicted molar refractivity (Wildman–Crippen MR) is 94.0 cm³/mol. The van der Waals surface area contributed by atoms with Gasteiger partial charge in [0.1, 0.15) is 5.82 Å². The van der Waals surface area contributed by atoms with Gasteiger partial charge in [0.2, 0.25) is 0 Å². The summed E-state index contributed by atoms with van der Waals surface area (Å²) in [5.74, 6) is 1.92. The second-order valence-electron chi connectivity index (χ2n) is 5.61. The van der Waals surface area contributed by atoms with Crippen molar-refractivity contribution in [1.82, 2.24) is 10.3 Å². The molecule has 1 amide bonds. The molecular weight excluding hydrogens is 306 g/mol. The van der Waals surface area contributed by atoms with E-state index in [-0.39, 0.29) is 11.9 Å². The van der Waals surface area contributed by atoms with E-state index in [2.05, 4.69) is 10.3 Å². The van der Waals surface area contributed by atoms with E-state index in [9.17, 15) is 4.79 Å². The first-order valence-electron chi connectivity index (χ1n) is 7.62. The van der Waals surface area contributed by atoms with E-state index < -0.39 is 0 Å². The number of amides is 1. The highest BCUT2D eigenvalue weighted by molar-refractivity contribution is 5.94. The van der Waals surface area contributed by atoms with Gasteiger partial charge >= 0.3 is 0 Å². The SMILES string of the molecule is COc1ccc(C(C)NC(=O)c2ccc(N(C)C)nc2)cc1OC. The lowest BCUT2D eigenvalue weighted by Gasteiger charge is -2.17. The average molecular weight is 329 g/mol. The van der Waals surface area contributed by atoms with Crippen LogP contribution in [0.15, 0.2) is 36.5 Å². The largest absolute Gasteiger partial charge is 0.493 e. The minimum absolute atomic E-state index is 0.171. The molecule has 1 unspecified atom stereocenters. The van der Waals surface area contributed by atoms with Gasteiger partial charge in [-0.15, -0.1) is 0 Å². The number of carbonyl (C=O) groups excluding carboxylic acids is 1. The Labute approximate surface area is 142 Å². The lowest BCUT2D eigenvalue weighted by molar-refractivity contribution is 0.0939. The molecule has 24 heavy (non-hydrogen) atoms. The molecule has 1 heterocycles. The zero-order valence-electron chi connectivity index (χ0n) is 14.7. The quantitative estimate of drug-likeness (QED) is 0.883. The van der Waals surface area contributed by atoms with Crippen molar-refractivity contribution in [3.05, 3.63) is 47.7 Å². The van der Waals surface area contributed by atoms with Crippen molar-refractivity contribution in [2.45, 2.75) is 13.0 Å². The fraction of sp³-hybridized carbons (Fsp3) is 0.333. The van der Waals surface area contributed by atoms with Crippen molar-refractivity contribution in [3.63, 3.8) is 0 Å². The van der Waals surface area contributed by atoms with E-state index in [1.165, 1.54) is 0 Å². The molecule has 2 rings (SSSR count). The first-order valence-corrected chi connectivity index (χ1v) is 7.62. The molecule has 0 saturated carbocycles. The number of benzene rings is 1. The minimum Gasteiger partial charge on any atom is -0.493 e. The van der Waals surface area contributed by atoms with Gasteiger partial charge in [0.25, 0.3) is 5.91 Å². The topological polar surface area (TPSA) is 63.7 Å². The number of carbonyl (C=O) groups is 1. The van der Waals surface area contributed by atoms with Gasteiger partial charge in [0, 0.05) is 20.3 Å². The van der Waals surface area contributed by atoms with Gasteiger partial charge in [0.05, 0.1) is 25.8 Å². The number of hydrogen-bond donors (Lipinski definition) is 1. The lowest BCUT2D eigenvalue weighted by Crippen LogP contribution is -2.27. The van der Waals surface area contributed by atoms with E-state index in [0.717, 1.165) is 11.4 Å². The number of nitrogens with one attached hydrogen (secondary N) is 1. The third-order valence-electron chi connectivity index (χ3n) is 3.72. The summed E-state index contributed by atoms with van der Waals surface area (Å²) in [6.45, 7) is 1.92. The molecule has 2 aromatic rings. The molecule has 6 heteroatoms. The zero-order valence-corrected chi connectivity index (χ0v) is 14.7. The number of ether oxygens (including phenoxy) is 2. The molecular formula is C18H23N3O3. The summed E-state index contributed by atoms with van der Waals surface area (Å²) in [6.07, 6.45) is 1.58. The average Bonchev–Trinajstić information content (AvgIpc) is 2.60. The van der Waals surface area contributed by atoms with E-state index in [0.29, 0.717) is 17.1 Å². The van der Waals surface area contributed by atoms with Crippen molar-refractivity contribution in [2.24, 2.45) is 0 Å². The molecule has 128 valence electrons. The maximum atomic E-state index is 12.4. The van der Waals surface area contributed by atoms with E-state index in [1.807, 2.05) is 50.2 Å². The highest BCUT2D eigenvalue weighted by Crippen LogP contribution is 2.29. The Balaban J connectivity index is 2.11. The Morgan fingerprint density at radius 3 is 2.38 bits per heavy atom. The summed E-state index contributed by atoms with van der Waals surface area (Å²) >= 11 is 0. The van der Waals surface area contributed by atoms with Crippen LogP contribution in [0.2, 0.25) is 0 Å². The second-order valence-corrected chi connectivity index (χ2v) is 5.61. The molecule has 1 N–H and O–H groups in total. The molecule has 0 radical (unpaired) electrons. The van der Waals surface area contributed by atoms with Crippen LogP contribution in [-0.2, 0) is 0 Å². The second kappa shape index (κ2) is 7.68. The monoisotopic (exact) mass is 329 g/mol. The number of pyridine rings is 1. The van der Waals surface area contributed by atoms with E-state index >= 15 is 0 Å². The Kier molecular flexibility index (Phi) is 5.63. The zero-order chi connectivity index (χ0) is 17.7. The summed E-state index contributed by atoms with van der Waals surface area (Å²) < 4.78 is 10.5. The van der Waals surface area contributed by atoms with E-state index in [4.69, 9.17) is 9.47 Å². The van der Waals surface area contributed by atoms with Crippen molar-refractivity contribution in [1.29, 1.82) is 0 Å². The standard InChI is InChI=1S/C18H23N3O3/c1-12(13-6-8-15(23-4)16(10-13)24-5)20-18(22)14-7-9-17(19-11-14)21(2)3/h6-12H,1-5H3,(H,20,22). The molecule has 1 atom stereocenters. The third kappa shape index (κ3) is 3.95. The summed E-state index contributed by atoms with van der Waals surface area (Å²) in [5.41, 5.74) is 1.45. The molecule has 0 spiro atoms. The Morgan fingerprint density at radius 1 is 1.12 bits per heavy atom. The van der Waals surface area contributed by atoms with Gasteiger partial charge in [0.15, 0.2) is 11.5 Å². The maximum absolute atomic E-state index is 12.4. The number of anilines is 1. The molecule has 0 saturated heterocycles. The molecule has 1 aromatic heterocycles. The van der Waals surface area contributed by atoms with Gasteiger partial charge in [-0.05, 0) is 36.8 Å².